The summed E-state index contributed by atoms with van der Waals surface area (Å²) in [5, 5.41) is 24.5. The first-order valence-corrected chi connectivity index (χ1v) is 20.8. The summed E-state index contributed by atoms with van der Waals surface area (Å²) in [6.45, 7) is 19.7. The maximum Gasteiger partial charge on any atom is 0.340 e. The first-order valence-electron chi connectivity index (χ1n) is 16.1. The van der Waals surface area contributed by atoms with Gasteiger partial charge in [-0.05, 0) is 79.6 Å². The summed E-state index contributed by atoms with van der Waals surface area (Å²) in [6.07, 6.45) is -4.69. The van der Waals surface area contributed by atoms with E-state index in [4.69, 9.17) is 19.4 Å². The number of aromatic nitrogens is 2. The van der Waals surface area contributed by atoms with E-state index in [2.05, 4.69) is 83.6 Å². The molecule has 3 rings (SSSR count). The zero-order chi connectivity index (χ0) is 37.4. The fraction of sp³-hybridized carbons (Fsp3) is 0.667. The molecular formula is C30H54IN5O11P2. The van der Waals surface area contributed by atoms with Crippen LogP contribution in [0.2, 0.25) is 0 Å². The van der Waals surface area contributed by atoms with Gasteiger partial charge in [0.2, 0.25) is 0 Å². The molecule has 5 N–H and O–H groups in total. The second kappa shape index (κ2) is 22.5. The Kier molecular flexibility index (Phi) is 20.9. The molecule has 0 radical (unpaired) electrons. The Morgan fingerprint density at radius 2 is 1.39 bits per heavy atom. The molecule has 1 fully saturated rings. The van der Waals surface area contributed by atoms with Crippen LogP contribution in [0.1, 0.15) is 53.3 Å². The fourth-order valence-electron chi connectivity index (χ4n) is 4.53. The highest BCUT2D eigenvalue weighted by Gasteiger charge is 2.45. The lowest BCUT2D eigenvalue weighted by Gasteiger charge is -2.19. The summed E-state index contributed by atoms with van der Waals surface area (Å²) in [5.41, 5.74) is 0.378. The minimum atomic E-state index is -4.84. The van der Waals surface area contributed by atoms with E-state index >= 15 is 0 Å². The first-order chi connectivity index (χ1) is 23.0. The van der Waals surface area contributed by atoms with Crippen molar-refractivity contribution in [2.45, 2.75) is 72.7 Å². The number of nitrogens with zero attached hydrogens (tertiary/aromatic N) is 5. The van der Waals surface area contributed by atoms with E-state index in [0.717, 1.165) is 18.3 Å². The molecule has 19 heteroatoms. The van der Waals surface area contributed by atoms with Crippen molar-refractivity contribution in [2.75, 3.05) is 51.8 Å². The van der Waals surface area contributed by atoms with Crippen LogP contribution in [0.25, 0.3) is 0 Å². The van der Waals surface area contributed by atoms with Gasteiger partial charge in [-0.25, -0.2) is 4.79 Å². The summed E-state index contributed by atoms with van der Waals surface area (Å²) in [7, 11) is -8.13. The second-order valence-electron chi connectivity index (χ2n) is 10.9. The number of hydrogen-bond donors (Lipinski definition) is 5. The maximum absolute atomic E-state index is 12.8. The molecule has 0 bridgehead atoms. The molecule has 1 aliphatic rings. The highest BCUT2D eigenvalue weighted by molar-refractivity contribution is 14.1. The minimum absolute atomic E-state index is 0.170. The van der Waals surface area contributed by atoms with Crippen molar-refractivity contribution in [1.29, 1.82) is 0 Å². The zero-order valence-electron chi connectivity index (χ0n) is 29.3. The smallest absolute Gasteiger partial charge is 0.340 e. The lowest BCUT2D eigenvalue weighted by Crippen LogP contribution is -2.42. The number of aliphatic hydroxyl groups is 2. The van der Waals surface area contributed by atoms with Crippen LogP contribution in [0, 0.1) is 3.57 Å². The number of benzene rings is 1. The Morgan fingerprint density at radius 1 is 0.878 bits per heavy atom. The molecule has 0 aliphatic carbocycles. The third-order valence-corrected chi connectivity index (χ3v) is 11.8. The number of hydrogen-bond acceptors (Lipinski definition) is 11. The third kappa shape index (κ3) is 16.2. The second-order valence-corrected chi connectivity index (χ2v) is 16.2. The number of halogens is 1. The SMILES string of the molecule is CCN(CC)CC.CCN(CC)CC.Cn1c(=O)n([C@@H]2O[C@H](COP(=O)(O)CP(=O)(O)O)[C@@H](O)[C@H]2O)cc/c1=N/OCc1ccc(I)cc1. The van der Waals surface area contributed by atoms with Gasteiger partial charge in [-0.2, -0.15) is 0 Å². The normalized spacial score (nSPS) is 20.8. The highest BCUT2D eigenvalue weighted by atomic mass is 127. The van der Waals surface area contributed by atoms with Gasteiger partial charge in [0.15, 0.2) is 17.6 Å². The molecule has 49 heavy (non-hydrogen) atoms. The van der Waals surface area contributed by atoms with Crippen molar-refractivity contribution in [1.82, 2.24) is 18.9 Å². The number of aliphatic hydroxyl groups excluding tert-OH is 2. The first kappa shape index (κ1) is 45.6. The minimum Gasteiger partial charge on any atom is -0.389 e. The molecule has 2 heterocycles. The molecule has 1 aromatic carbocycles. The standard InChI is InChI=1S/C18H24IN3O11P2.2C6H15N/c1-21-14(20-31-8-11-2-4-12(19)5-3-11)6-7-22(18(21)25)17-16(24)15(23)13(33-17)9-32-35(29,30)10-34(26,27)28;2*1-4-7(5-2)6-3/h2-7,13,15-17,23-24H,8-10H2,1H3,(H,29,30)(H2,26,27,28);2*4-6H2,1-3H3/b20-14-;;/t13-,15-,16-,17-;;/m1../s1. The molecule has 5 atom stereocenters. The van der Waals surface area contributed by atoms with Gasteiger partial charge < -0.3 is 48.8 Å². The summed E-state index contributed by atoms with van der Waals surface area (Å²) >= 11 is 2.18. The zero-order valence-corrected chi connectivity index (χ0v) is 33.3. The van der Waals surface area contributed by atoms with E-state index in [1.165, 1.54) is 58.6 Å². The topological polar surface area (TPSA) is 209 Å². The lowest BCUT2D eigenvalue weighted by atomic mass is 10.1. The molecule has 0 saturated carbocycles. The average Bonchev–Trinajstić information content (AvgIpc) is 3.33. The highest BCUT2D eigenvalue weighted by Crippen LogP contribution is 2.55. The molecule has 0 amide bonds. The van der Waals surface area contributed by atoms with Crippen LogP contribution < -0.4 is 11.2 Å². The number of rotatable bonds is 15. The van der Waals surface area contributed by atoms with Gasteiger partial charge in [0.25, 0.3) is 0 Å². The average molecular weight is 850 g/mol. The summed E-state index contributed by atoms with van der Waals surface area (Å²) in [6, 6.07) is 9.00. The van der Waals surface area contributed by atoms with Crippen molar-refractivity contribution in [3.05, 3.63) is 61.6 Å². The van der Waals surface area contributed by atoms with E-state index in [0.29, 0.717) is 0 Å². The van der Waals surface area contributed by atoms with E-state index in [1.54, 1.807) is 0 Å². The Balaban J connectivity index is 0.000000717. The van der Waals surface area contributed by atoms with Gasteiger partial charge in [0.05, 0.1) is 6.61 Å². The molecule has 2 aromatic rings. The lowest BCUT2D eigenvalue weighted by molar-refractivity contribution is -0.0530. The van der Waals surface area contributed by atoms with Crippen LogP contribution in [-0.2, 0) is 36.9 Å². The molecular weight excluding hydrogens is 795 g/mol. The van der Waals surface area contributed by atoms with Crippen molar-refractivity contribution < 1.29 is 48.1 Å². The maximum atomic E-state index is 12.8. The molecule has 1 unspecified atom stereocenters. The number of ether oxygens (including phenoxy) is 1. The third-order valence-electron chi connectivity index (χ3n) is 7.64. The van der Waals surface area contributed by atoms with E-state index in [9.17, 15) is 29.0 Å². The van der Waals surface area contributed by atoms with Gasteiger partial charge in [0.1, 0.15) is 24.9 Å². The van der Waals surface area contributed by atoms with Gasteiger partial charge in [0, 0.05) is 22.9 Å². The summed E-state index contributed by atoms with van der Waals surface area (Å²) in [4.78, 5) is 50.2. The van der Waals surface area contributed by atoms with Crippen LogP contribution in [0.15, 0.2) is 46.5 Å². The predicted octanol–water partition coefficient (Wildman–Crippen LogP) is 2.48. The molecule has 16 nitrogen and oxygen atoms in total. The summed E-state index contributed by atoms with van der Waals surface area (Å²) in [5.74, 6) is -1.42. The monoisotopic (exact) mass is 849 g/mol. The van der Waals surface area contributed by atoms with E-state index < -0.39 is 57.9 Å². The Bertz CT molecular complexity index is 1440. The van der Waals surface area contributed by atoms with Crippen LogP contribution in [0.3, 0.4) is 0 Å². The Morgan fingerprint density at radius 3 is 1.84 bits per heavy atom. The van der Waals surface area contributed by atoms with E-state index in [-0.39, 0.29) is 12.1 Å². The fourth-order valence-corrected chi connectivity index (χ4v) is 7.46. The van der Waals surface area contributed by atoms with Crippen molar-refractivity contribution in [2.24, 2.45) is 12.2 Å². The quantitative estimate of drug-likeness (QED) is 0.0994. The van der Waals surface area contributed by atoms with E-state index in [1.807, 2.05) is 24.3 Å². The predicted molar refractivity (Wildman–Crippen MR) is 195 cm³/mol. The largest absolute Gasteiger partial charge is 0.389 e. The molecule has 1 saturated heterocycles. The van der Waals surface area contributed by atoms with Crippen LogP contribution >= 0.6 is 37.8 Å². The van der Waals surface area contributed by atoms with Gasteiger partial charge in [-0.15, -0.1) is 0 Å². The van der Waals surface area contributed by atoms with Gasteiger partial charge >= 0.3 is 20.9 Å². The Labute approximate surface area is 302 Å². The Hall–Kier alpha value is -1.47. The van der Waals surface area contributed by atoms with Crippen LogP contribution in [0.4, 0.5) is 0 Å². The van der Waals surface area contributed by atoms with Gasteiger partial charge in [-0.3, -0.25) is 18.3 Å². The van der Waals surface area contributed by atoms with Crippen molar-refractivity contribution in [3.8, 4) is 0 Å². The molecule has 0 spiro atoms. The summed E-state index contributed by atoms with van der Waals surface area (Å²) < 4.78 is 36.1. The van der Waals surface area contributed by atoms with Crippen LogP contribution in [0.5, 0.6) is 0 Å². The van der Waals surface area contributed by atoms with Crippen LogP contribution in [-0.4, -0.2) is 114 Å². The van der Waals surface area contributed by atoms with Gasteiger partial charge in [-0.1, -0.05) is 58.8 Å². The van der Waals surface area contributed by atoms with Crippen molar-refractivity contribution >= 4 is 37.8 Å². The molecule has 1 aliphatic heterocycles. The van der Waals surface area contributed by atoms with Crippen molar-refractivity contribution in [3.63, 3.8) is 0 Å². The molecule has 282 valence electrons. The molecule has 1 aromatic heterocycles.